The standard InChI is InChI=1S/C56H84N2O13/c1-32-27-35(4)50(61)39(8)51(62)36(5)28-33(2)47(60)31-49(38(7)43-19-16-21-46(59)52(43)68-10)69-55(65)45-20-14-15-26-57(45)54(64)53(63)56(66)37(6)22-23-41(70-56)30-48(67-9)34(3)29-42-24-25-44(32)58(71-42)40-17-12-11-13-18-40/h11-13,17-18,28-29,32-33,35,37-39,41-46,48-49,51-52,59,62,66H,14-16,19-27,30-31H2,1-10H3/b34-29?,36-28+. The van der Waals surface area contributed by atoms with Crippen molar-refractivity contribution in [1.29, 1.82) is 0 Å². The van der Waals surface area contributed by atoms with Crippen LogP contribution in [0.1, 0.15) is 139 Å². The summed E-state index contributed by atoms with van der Waals surface area (Å²) >= 11 is 0. The first-order valence-corrected chi connectivity index (χ1v) is 26.5. The molecular weight excluding hydrogens is 909 g/mol. The molecule has 0 spiro atoms. The van der Waals surface area contributed by atoms with E-state index in [4.69, 9.17) is 23.8 Å². The lowest BCUT2D eigenvalue weighted by atomic mass is 9.74. The Bertz CT molecular complexity index is 2060. The van der Waals surface area contributed by atoms with Gasteiger partial charge < -0.3 is 39.2 Å². The molecule has 1 saturated carbocycles. The van der Waals surface area contributed by atoms with Gasteiger partial charge in [-0.1, -0.05) is 78.3 Å². The molecule has 396 valence electrons. The van der Waals surface area contributed by atoms with Crippen LogP contribution in [-0.2, 0) is 47.8 Å². The summed E-state index contributed by atoms with van der Waals surface area (Å²) in [4.78, 5) is 79.7. The van der Waals surface area contributed by atoms with E-state index in [0.29, 0.717) is 63.4 Å². The number of aliphatic hydroxyl groups is 3. The number of fused-ring (bicyclic) bond motifs is 17. The van der Waals surface area contributed by atoms with Crippen molar-refractivity contribution in [2.75, 3.05) is 25.8 Å². The summed E-state index contributed by atoms with van der Waals surface area (Å²) in [5.41, 5.74) is 2.23. The van der Waals surface area contributed by atoms with Gasteiger partial charge in [0.25, 0.3) is 11.7 Å². The van der Waals surface area contributed by atoms with Gasteiger partial charge in [0.05, 0.1) is 42.2 Å². The number of benzene rings is 1. The van der Waals surface area contributed by atoms with Crippen molar-refractivity contribution >= 4 is 34.9 Å². The molecule has 0 aromatic heterocycles. The first-order valence-electron chi connectivity index (χ1n) is 26.5. The molecule has 5 aliphatic heterocycles. The number of anilines is 1. The summed E-state index contributed by atoms with van der Waals surface area (Å²) in [7, 11) is 3.12. The summed E-state index contributed by atoms with van der Waals surface area (Å²) in [5.74, 6) is -9.15. The number of hydrogen-bond donors (Lipinski definition) is 3. The van der Waals surface area contributed by atoms with Crippen LogP contribution in [0.3, 0.4) is 0 Å². The number of ketones is 3. The van der Waals surface area contributed by atoms with E-state index in [1.54, 1.807) is 40.9 Å². The molecule has 4 bridgehead atoms. The molecule has 0 radical (unpaired) electrons. The molecule has 5 heterocycles. The topological polar surface area (TPSA) is 199 Å². The zero-order valence-corrected chi connectivity index (χ0v) is 44.0. The number of allylic oxidation sites excluding steroid dienone is 1. The maximum Gasteiger partial charge on any atom is 0.329 e. The van der Waals surface area contributed by atoms with Gasteiger partial charge in [0, 0.05) is 57.3 Å². The number of aliphatic hydroxyl groups excluding tert-OH is 2. The number of hydrogen-bond acceptors (Lipinski definition) is 14. The molecule has 17 unspecified atom stereocenters. The Morgan fingerprint density at radius 3 is 2.21 bits per heavy atom. The normalized spacial score (nSPS) is 39.5. The average Bonchev–Trinajstić information content (AvgIpc) is 3.36. The van der Waals surface area contributed by atoms with Crippen molar-refractivity contribution in [3.63, 3.8) is 0 Å². The number of amides is 1. The van der Waals surface area contributed by atoms with Crippen LogP contribution in [-0.4, -0.2) is 131 Å². The second-order valence-corrected chi connectivity index (χ2v) is 21.9. The highest BCUT2D eigenvalue weighted by atomic mass is 16.7. The summed E-state index contributed by atoms with van der Waals surface area (Å²) in [6, 6.07) is 8.63. The Kier molecular flexibility index (Phi) is 19.8. The minimum absolute atomic E-state index is 0.0157. The lowest BCUT2D eigenvalue weighted by molar-refractivity contribution is -0.265. The van der Waals surface area contributed by atoms with Gasteiger partial charge in [-0.3, -0.25) is 29.1 Å². The maximum atomic E-state index is 14.5. The first-order chi connectivity index (χ1) is 33.7. The molecule has 3 N–H and O–H groups in total. The third-order valence-electron chi connectivity index (χ3n) is 16.8. The number of rotatable bonds is 5. The van der Waals surface area contributed by atoms with E-state index >= 15 is 0 Å². The van der Waals surface area contributed by atoms with E-state index in [0.717, 1.165) is 17.7 Å². The van der Waals surface area contributed by atoms with E-state index in [2.05, 4.69) is 6.92 Å². The number of piperidine rings is 1. The van der Waals surface area contributed by atoms with Crippen LogP contribution in [0.4, 0.5) is 5.69 Å². The van der Waals surface area contributed by atoms with Crippen molar-refractivity contribution < 1.29 is 63.1 Å². The Balaban J connectivity index is 1.35. The van der Waals surface area contributed by atoms with Crippen LogP contribution in [0.25, 0.3) is 0 Å². The molecular formula is C56H84N2O13. The molecule has 15 heteroatoms. The lowest BCUT2D eigenvalue weighted by Crippen LogP contribution is -2.61. The van der Waals surface area contributed by atoms with E-state index < -0.39 is 95.7 Å². The van der Waals surface area contributed by atoms with Crippen LogP contribution < -0.4 is 5.06 Å². The largest absolute Gasteiger partial charge is 0.460 e. The number of carbonyl (C=O) groups is 5. The van der Waals surface area contributed by atoms with Crippen molar-refractivity contribution in [3.8, 4) is 0 Å². The number of Topliss-reactive ketones (excluding diaryl/α,β-unsaturated/α-hetero) is 3. The molecule has 1 aromatic rings. The summed E-state index contributed by atoms with van der Waals surface area (Å²) < 4.78 is 24.4. The highest BCUT2D eigenvalue weighted by Gasteiger charge is 2.53. The number of para-hydroxylation sites is 1. The third kappa shape index (κ3) is 13.1. The van der Waals surface area contributed by atoms with Gasteiger partial charge in [-0.25, -0.2) is 4.79 Å². The molecule has 17 atom stereocenters. The van der Waals surface area contributed by atoms with Crippen molar-refractivity contribution in [3.05, 3.63) is 53.6 Å². The van der Waals surface area contributed by atoms with Gasteiger partial charge in [-0.15, -0.1) is 0 Å². The number of carbonyl (C=O) groups excluding carboxylic acids is 5. The molecule has 6 aliphatic rings. The van der Waals surface area contributed by atoms with Gasteiger partial charge in [-0.2, -0.15) is 0 Å². The predicted octanol–water partition coefficient (Wildman–Crippen LogP) is 7.27. The third-order valence-corrected chi connectivity index (χ3v) is 16.8. The van der Waals surface area contributed by atoms with Gasteiger partial charge in [0.15, 0.2) is 0 Å². The number of hydroxylamine groups is 1. The minimum atomic E-state index is -2.46. The Morgan fingerprint density at radius 1 is 0.803 bits per heavy atom. The number of nitrogens with zero attached hydrogens (tertiary/aromatic N) is 2. The summed E-state index contributed by atoms with van der Waals surface area (Å²) in [5, 5.41) is 36.7. The van der Waals surface area contributed by atoms with Crippen LogP contribution in [0.5, 0.6) is 0 Å². The van der Waals surface area contributed by atoms with Crippen LogP contribution in [0, 0.1) is 41.4 Å². The van der Waals surface area contributed by atoms with Crippen molar-refractivity contribution in [2.24, 2.45) is 41.4 Å². The quantitative estimate of drug-likeness (QED) is 0.151. The van der Waals surface area contributed by atoms with E-state index in [-0.39, 0.29) is 61.4 Å². The second-order valence-electron chi connectivity index (χ2n) is 21.9. The van der Waals surface area contributed by atoms with E-state index in [9.17, 15) is 39.3 Å². The highest BCUT2D eigenvalue weighted by Crippen LogP contribution is 2.40. The molecule has 71 heavy (non-hydrogen) atoms. The fraction of sp³-hybridized carbons (Fsp3) is 0.732. The molecule has 4 fully saturated rings. The molecule has 15 nitrogen and oxygen atoms in total. The lowest BCUT2D eigenvalue weighted by Gasteiger charge is -2.43. The number of methoxy groups -OCH3 is 2. The molecule has 1 amide bonds. The summed E-state index contributed by atoms with van der Waals surface area (Å²) in [6.07, 6.45) is 4.96. The maximum absolute atomic E-state index is 14.5. The SMILES string of the molecule is COC1CC2CCC(C)C(O)(O2)C(=O)C(=O)N2CCCCC2C(=O)OC(C(C)C2CCCC(O)C2OC)CC(=O)C(C)/C=C(\C)C(O)C(C)C(=O)C(C)CC(C)C2CCC(C=C1C)ON2c1ccccc1. The van der Waals surface area contributed by atoms with E-state index in [1.165, 1.54) is 12.0 Å². The van der Waals surface area contributed by atoms with Crippen molar-refractivity contribution in [1.82, 2.24) is 4.90 Å². The molecule has 1 aromatic carbocycles. The monoisotopic (exact) mass is 993 g/mol. The van der Waals surface area contributed by atoms with Crippen LogP contribution >= 0.6 is 0 Å². The van der Waals surface area contributed by atoms with E-state index in [1.807, 2.05) is 62.2 Å². The smallest absolute Gasteiger partial charge is 0.329 e. The predicted molar refractivity (Wildman–Crippen MR) is 267 cm³/mol. The Labute approximate surface area is 422 Å². The zero-order chi connectivity index (χ0) is 51.9. The number of esters is 1. The Hall–Kier alpha value is -3.83. The van der Waals surface area contributed by atoms with Crippen LogP contribution in [0.15, 0.2) is 53.6 Å². The summed E-state index contributed by atoms with van der Waals surface area (Å²) in [6.45, 7) is 14.8. The van der Waals surface area contributed by atoms with Crippen molar-refractivity contribution in [2.45, 2.75) is 199 Å². The Morgan fingerprint density at radius 2 is 1.52 bits per heavy atom. The fourth-order valence-electron chi connectivity index (χ4n) is 12.2. The van der Waals surface area contributed by atoms with Gasteiger partial charge in [0.1, 0.15) is 29.8 Å². The zero-order valence-electron chi connectivity index (χ0n) is 44.0. The highest BCUT2D eigenvalue weighted by molar-refractivity contribution is 6.39. The fourth-order valence-corrected chi connectivity index (χ4v) is 12.2. The van der Waals surface area contributed by atoms with Gasteiger partial charge >= 0.3 is 5.97 Å². The average molecular weight is 993 g/mol. The minimum Gasteiger partial charge on any atom is -0.460 e. The second kappa shape index (κ2) is 24.9. The van der Waals surface area contributed by atoms with Gasteiger partial charge in [-0.05, 0) is 119 Å². The van der Waals surface area contributed by atoms with Gasteiger partial charge in [0.2, 0.25) is 5.79 Å². The molecule has 3 saturated heterocycles. The number of ether oxygens (including phenoxy) is 4. The van der Waals surface area contributed by atoms with Crippen LogP contribution in [0.2, 0.25) is 0 Å². The molecule has 7 rings (SSSR count). The molecule has 1 aliphatic carbocycles. The first kappa shape index (κ1) is 56.5.